The van der Waals surface area contributed by atoms with E-state index in [2.05, 4.69) is 26.9 Å². The number of amides is 1. The van der Waals surface area contributed by atoms with Crippen molar-refractivity contribution in [2.24, 2.45) is 0 Å². The van der Waals surface area contributed by atoms with Crippen LogP contribution in [-0.2, 0) is 0 Å². The molecular weight excluding hydrogens is 290 g/mol. The fourth-order valence-electron chi connectivity index (χ4n) is 3.18. The predicted octanol–water partition coefficient (Wildman–Crippen LogP) is 2.02. The first-order valence-corrected chi connectivity index (χ1v) is 7.78. The lowest BCUT2D eigenvalue weighted by atomic mass is 10.1. The molecule has 118 valence electrons. The zero-order valence-corrected chi connectivity index (χ0v) is 13.0. The molecule has 2 aromatic heterocycles. The first kappa shape index (κ1) is 14.0. The lowest BCUT2D eigenvalue weighted by Gasteiger charge is -2.38. The van der Waals surface area contributed by atoms with Crippen LogP contribution in [0.4, 0.5) is 0 Å². The molecule has 0 spiro atoms. The summed E-state index contributed by atoms with van der Waals surface area (Å²) >= 11 is 0. The van der Waals surface area contributed by atoms with Gasteiger partial charge in [0.15, 0.2) is 0 Å². The Balaban J connectivity index is 1.58. The Bertz CT molecular complexity index is 823. The SMILES string of the molecule is CN1CCN(C(=O)c2ccc3[nH]ccc3c2)C[C@@H]1c1ncc[nH]1. The van der Waals surface area contributed by atoms with E-state index in [1.54, 1.807) is 6.20 Å². The van der Waals surface area contributed by atoms with Crippen molar-refractivity contribution in [3.05, 3.63) is 54.2 Å². The van der Waals surface area contributed by atoms with E-state index in [9.17, 15) is 4.79 Å². The number of piperazine rings is 1. The number of benzene rings is 1. The minimum atomic E-state index is 0.0813. The molecule has 6 nitrogen and oxygen atoms in total. The Morgan fingerprint density at radius 2 is 2.13 bits per heavy atom. The topological polar surface area (TPSA) is 68.0 Å². The molecule has 1 amide bonds. The summed E-state index contributed by atoms with van der Waals surface area (Å²) in [6.07, 6.45) is 5.47. The average Bonchev–Trinajstić information content (AvgIpc) is 3.25. The smallest absolute Gasteiger partial charge is 0.253 e. The number of carbonyl (C=O) groups excluding carboxylic acids is 1. The van der Waals surface area contributed by atoms with Gasteiger partial charge in [0.25, 0.3) is 5.91 Å². The number of fused-ring (bicyclic) bond motifs is 1. The van der Waals surface area contributed by atoms with E-state index < -0.39 is 0 Å². The largest absolute Gasteiger partial charge is 0.361 e. The average molecular weight is 309 g/mol. The third-order valence-corrected chi connectivity index (χ3v) is 4.57. The number of nitrogens with one attached hydrogen (secondary N) is 2. The fourth-order valence-corrected chi connectivity index (χ4v) is 3.18. The summed E-state index contributed by atoms with van der Waals surface area (Å²) in [6, 6.07) is 7.90. The Morgan fingerprint density at radius 3 is 2.96 bits per heavy atom. The second kappa shape index (κ2) is 5.55. The minimum absolute atomic E-state index is 0.0813. The number of aromatic amines is 2. The highest BCUT2D eigenvalue weighted by Gasteiger charge is 2.30. The van der Waals surface area contributed by atoms with Gasteiger partial charge in [0.05, 0.1) is 6.04 Å². The summed E-state index contributed by atoms with van der Waals surface area (Å²) in [4.78, 5) is 27.7. The number of rotatable bonds is 2. The van der Waals surface area contributed by atoms with Gasteiger partial charge in [-0.15, -0.1) is 0 Å². The van der Waals surface area contributed by atoms with Crippen LogP contribution in [0.2, 0.25) is 0 Å². The molecule has 1 aliphatic rings. The first-order chi connectivity index (χ1) is 11.2. The molecule has 0 radical (unpaired) electrons. The van der Waals surface area contributed by atoms with Crippen molar-refractivity contribution in [3.63, 3.8) is 0 Å². The first-order valence-electron chi connectivity index (χ1n) is 7.78. The summed E-state index contributed by atoms with van der Waals surface area (Å²) < 4.78 is 0. The van der Waals surface area contributed by atoms with Crippen molar-refractivity contribution >= 4 is 16.8 Å². The van der Waals surface area contributed by atoms with Gasteiger partial charge in [-0.25, -0.2) is 4.98 Å². The molecule has 3 aromatic rings. The highest BCUT2D eigenvalue weighted by atomic mass is 16.2. The third-order valence-electron chi connectivity index (χ3n) is 4.57. The van der Waals surface area contributed by atoms with Crippen LogP contribution in [0.25, 0.3) is 10.9 Å². The van der Waals surface area contributed by atoms with Gasteiger partial charge in [-0.05, 0) is 31.3 Å². The molecule has 1 fully saturated rings. The van der Waals surface area contributed by atoms with Crippen molar-refractivity contribution in [2.75, 3.05) is 26.7 Å². The van der Waals surface area contributed by atoms with Crippen LogP contribution in [0.3, 0.4) is 0 Å². The number of nitrogens with zero attached hydrogens (tertiary/aromatic N) is 3. The van der Waals surface area contributed by atoms with Crippen LogP contribution in [0.1, 0.15) is 22.2 Å². The number of carbonyl (C=O) groups is 1. The maximum absolute atomic E-state index is 12.9. The fraction of sp³-hybridized carbons (Fsp3) is 0.294. The van der Waals surface area contributed by atoms with Crippen LogP contribution in [0, 0.1) is 0 Å². The van der Waals surface area contributed by atoms with Crippen LogP contribution in [0.5, 0.6) is 0 Å². The Kier molecular flexibility index (Phi) is 3.38. The normalized spacial score (nSPS) is 19.3. The van der Waals surface area contributed by atoms with Gasteiger partial charge in [0, 0.05) is 54.7 Å². The van der Waals surface area contributed by atoms with E-state index >= 15 is 0 Å². The molecule has 0 unspecified atom stereocenters. The highest BCUT2D eigenvalue weighted by molar-refractivity contribution is 5.98. The molecule has 0 bridgehead atoms. The molecule has 3 heterocycles. The summed E-state index contributed by atoms with van der Waals surface area (Å²) in [7, 11) is 2.07. The molecule has 0 saturated carbocycles. The number of imidazole rings is 1. The Hall–Kier alpha value is -2.60. The predicted molar refractivity (Wildman–Crippen MR) is 88.2 cm³/mol. The van der Waals surface area contributed by atoms with Gasteiger partial charge in [0.2, 0.25) is 0 Å². The number of hydrogen-bond acceptors (Lipinski definition) is 3. The molecule has 4 rings (SSSR count). The van der Waals surface area contributed by atoms with Crippen molar-refractivity contribution in [1.82, 2.24) is 24.8 Å². The summed E-state index contributed by atoms with van der Waals surface area (Å²) in [6.45, 7) is 2.22. The lowest BCUT2D eigenvalue weighted by Crippen LogP contribution is -2.49. The van der Waals surface area contributed by atoms with E-state index in [1.807, 2.05) is 41.6 Å². The van der Waals surface area contributed by atoms with Gasteiger partial charge in [-0.3, -0.25) is 9.69 Å². The quantitative estimate of drug-likeness (QED) is 0.761. The van der Waals surface area contributed by atoms with Gasteiger partial charge in [-0.1, -0.05) is 0 Å². The Morgan fingerprint density at radius 1 is 1.22 bits per heavy atom. The maximum atomic E-state index is 12.9. The standard InChI is InChI=1S/C17H19N5O/c1-21-8-9-22(11-15(21)16-19-6-7-20-16)17(23)13-2-3-14-12(10-13)4-5-18-14/h2-7,10,15,18H,8-9,11H2,1H3,(H,19,20)/t15-/m1/s1. The van der Waals surface area contributed by atoms with E-state index in [1.165, 1.54) is 0 Å². The Labute approximate surface area is 134 Å². The van der Waals surface area contributed by atoms with E-state index in [0.29, 0.717) is 6.54 Å². The number of aromatic nitrogens is 3. The molecule has 23 heavy (non-hydrogen) atoms. The molecule has 1 saturated heterocycles. The molecule has 1 aromatic carbocycles. The van der Waals surface area contributed by atoms with Crippen LogP contribution >= 0.6 is 0 Å². The van der Waals surface area contributed by atoms with Crippen LogP contribution < -0.4 is 0 Å². The van der Waals surface area contributed by atoms with E-state index in [0.717, 1.165) is 35.4 Å². The molecule has 6 heteroatoms. The van der Waals surface area contributed by atoms with Crippen molar-refractivity contribution in [2.45, 2.75) is 6.04 Å². The summed E-state index contributed by atoms with van der Waals surface area (Å²) in [5.41, 5.74) is 1.79. The molecule has 2 N–H and O–H groups in total. The van der Waals surface area contributed by atoms with E-state index in [4.69, 9.17) is 0 Å². The second-order valence-corrected chi connectivity index (χ2v) is 6.00. The highest BCUT2D eigenvalue weighted by Crippen LogP contribution is 2.23. The molecule has 1 atom stereocenters. The zero-order chi connectivity index (χ0) is 15.8. The molecular formula is C17H19N5O. The lowest BCUT2D eigenvalue weighted by molar-refractivity contribution is 0.0534. The third kappa shape index (κ3) is 2.51. The van der Waals surface area contributed by atoms with E-state index in [-0.39, 0.29) is 11.9 Å². The molecule has 0 aliphatic carbocycles. The number of hydrogen-bond donors (Lipinski definition) is 2. The monoisotopic (exact) mass is 309 g/mol. The minimum Gasteiger partial charge on any atom is -0.361 e. The molecule has 1 aliphatic heterocycles. The van der Waals surface area contributed by atoms with Crippen molar-refractivity contribution in [3.8, 4) is 0 Å². The van der Waals surface area contributed by atoms with Gasteiger partial charge in [-0.2, -0.15) is 0 Å². The maximum Gasteiger partial charge on any atom is 0.253 e. The second-order valence-electron chi connectivity index (χ2n) is 6.00. The number of H-pyrrole nitrogens is 2. The summed E-state index contributed by atoms with van der Waals surface area (Å²) in [5.74, 6) is 0.990. The van der Waals surface area contributed by atoms with Crippen LogP contribution in [-0.4, -0.2) is 57.3 Å². The van der Waals surface area contributed by atoms with Gasteiger partial charge < -0.3 is 14.9 Å². The number of likely N-dealkylation sites (N-methyl/N-ethyl adjacent to an activating group) is 1. The van der Waals surface area contributed by atoms with Crippen molar-refractivity contribution < 1.29 is 4.79 Å². The van der Waals surface area contributed by atoms with Gasteiger partial charge >= 0.3 is 0 Å². The van der Waals surface area contributed by atoms with Crippen LogP contribution in [0.15, 0.2) is 42.9 Å². The summed E-state index contributed by atoms with van der Waals surface area (Å²) in [5, 5.41) is 1.06. The zero-order valence-electron chi connectivity index (χ0n) is 13.0. The van der Waals surface area contributed by atoms with Gasteiger partial charge in [0.1, 0.15) is 5.82 Å². The van der Waals surface area contributed by atoms with Crippen molar-refractivity contribution in [1.29, 1.82) is 0 Å².